The van der Waals surface area contributed by atoms with Gasteiger partial charge in [-0.05, 0) is 12.5 Å². The van der Waals surface area contributed by atoms with Crippen molar-refractivity contribution in [2.24, 2.45) is 0 Å². The van der Waals surface area contributed by atoms with Gasteiger partial charge in [-0.2, -0.15) is 0 Å². The molecule has 0 aliphatic carbocycles. The summed E-state index contributed by atoms with van der Waals surface area (Å²) in [6, 6.07) is 6.63. The first-order valence-corrected chi connectivity index (χ1v) is 6.61. The van der Waals surface area contributed by atoms with Crippen molar-refractivity contribution < 1.29 is 14.5 Å². The fourth-order valence-electron chi connectivity index (χ4n) is 2.17. The third-order valence-electron chi connectivity index (χ3n) is 3.13. The summed E-state index contributed by atoms with van der Waals surface area (Å²) in [6.45, 7) is 1.16. The molecular weight excluding hydrogens is 274 g/mol. The number of non-ortho nitro benzene ring substituents is 1. The van der Waals surface area contributed by atoms with Gasteiger partial charge >= 0.3 is 0 Å². The van der Waals surface area contributed by atoms with Gasteiger partial charge in [0, 0.05) is 37.9 Å². The van der Waals surface area contributed by atoms with Crippen LogP contribution in [0.5, 0.6) is 0 Å². The van der Waals surface area contributed by atoms with Crippen LogP contribution in [0.3, 0.4) is 0 Å². The highest BCUT2D eigenvalue weighted by molar-refractivity contribution is 5.90. The number of benzene rings is 1. The van der Waals surface area contributed by atoms with Gasteiger partial charge in [0.25, 0.3) is 5.69 Å². The fourth-order valence-corrected chi connectivity index (χ4v) is 2.17. The molecule has 112 valence electrons. The van der Waals surface area contributed by atoms with Gasteiger partial charge in [0.05, 0.1) is 4.92 Å². The number of nitro groups is 1. The molecular formula is C14H17N3O4. The van der Waals surface area contributed by atoms with Crippen molar-refractivity contribution in [2.75, 3.05) is 20.3 Å². The van der Waals surface area contributed by atoms with Crippen LogP contribution in [-0.2, 0) is 16.1 Å². The Morgan fingerprint density at radius 3 is 2.95 bits per heavy atom. The van der Waals surface area contributed by atoms with E-state index in [-0.39, 0.29) is 18.1 Å². The molecule has 2 aromatic rings. The van der Waals surface area contributed by atoms with Crippen LogP contribution in [0.25, 0.3) is 10.9 Å². The quantitative estimate of drug-likeness (QED) is 0.478. The van der Waals surface area contributed by atoms with E-state index >= 15 is 0 Å². The van der Waals surface area contributed by atoms with Crippen molar-refractivity contribution in [3.05, 3.63) is 40.6 Å². The minimum Gasteiger partial charge on any atom is -0.385 e. The lowest BCUT2D eigenvalue weighted by molar-refractivity contribution is -0.383. The van der Waals surface area contributed by atoms with Gasteiger partial charge in [-0.25, -0.2) is 0 Å². The normalized spacial score (nSPS) is 10.7. The summed E-state index contributed by atoms with van der Waals surface area (Å²) in [7, 11) is 1.60. The monoisotopic (exact) mass is 291 g/mol. The average Bonchev–Trinajstić information content (AvgIpc) is 2.86. The number of amides is 1. The summed E-state index contributed by atoms with van der Waals surface area (Å²) in [5.74, 6) is -0.179. The first-order valence-electron chi connectivity index (χ1n) is 6.61. The summed E-state index contributed by atoms with van der Waals surface area (Å²) in [5, 5.41) is 14.6. The molecule has 2 rings (SSSR count). The number of carbonyl (C=O) groups excluding carboxylic acids is 1. The minimum absolute atomic E-state index is 0.00434. The predicted molar refractivity (Wildman–Crippen MR) is 78.1 cm³/mol. The van der Waals surface area contributed by atoms with Crippen molar-refractivity contribution in [3.8, 4) is 0 Å². The fraction of sp³-hybridized carbons (Fsp3) is 0.357. The standard InChI is InChI=1S/C14H17N3O4/c1-21-9-3-7-15-13(18)10-16-8-6-11-4-2-5-12(14(11)16)17(19)20/h2,4-6,8H,3,7,9-10H2,1H3,(H,15,18). The molecule has 7 nitrogen and oxygen atoms in total. The van der Waals surface area contributed by atoms with E-state index in [9.17, 15) is 14.9 Å². The zero-order valence-corrected chi connectivity index (χ0v) is 11.7. The number of nitrogens with zero attached hydrogens (tertiary/aromatic N) is 2. The van der Waals surface area contributed by atoms with E-state index in [4.69, 9.17) is 4.74 Å². The number of hydrogen-bond acceptors (Lipinski definition) is 4. The summed E-state index contributed by atoms with van der Waals surface area (Å²) in [4.78, 5) is 22.5. The smallest absolute Gasteiger partial charge is 0.293 e. The number of aromatic nitrogens is 1. The summed E-state index contributed by atoms with van der Waals surface area (Å²) in [6.07, 6.45) is 2.42. The highest BCUT2D eigenvalue weighted by Gasteiger charge is 2.16. The first-order chi connectivity index (χ1) is 10.1. The lowest BCUT2D eigenvalue weighted by atomic mass is 10.2. The Labute approximate surface area is 121 Å². The predicted octanol–water partition coefficient (Wildman–Crippen LogP) is 1.70. The van der Waals surface area contributed by atoms with E-state index in [0.29, 0.717) is 18.7 Å². The molecule has 0 bridgehead atoms. The maximum Gasteiger partial charge on any atom is 0.293 e. The molecule has 0 aliphatic heterocycles. The number of nitro benzene ring substituents is 1. The maximum absolute atomic E-state index is 11.9. The van der Waals surface area contributed by atoms with Gasteiger partial charge in [-0.1, -0.05) is 12.1 Å². The molecule has 21 heavy (non-hydrogen) atoms. The van der Waals surface area contributed by atoms with Gasteiger partial charge in [-0.15, -0.1) is 0 Å². The molecule has 1 amide bonds. The molecule has 1 heterocycles. The Morgan fingerprint density at radius 1 is 1.43 bits per heavy atom. The van der Waals surface area contributed by atoms with Crippen LogP contribution < -0.4 is 5.32 Å². The van der Waals surface area contributed by atoms with Gasteiger partial charge < -0.3 is 14.6 Å². The van der Waals surface area contributed by atoms with Gasteiger partial charge in [0.1, 0.15) is 12.1 Å². The Kier molecular flexibility index (Phi) is 4.89. The van der Waals surface area contributed by atoms with E-state index in [1.165, 1.54) is 6.07 Å². The zero-order chi connectivity index (χ0) is 15.2. The number of methoxy groups -OCH3 is 1. The molecule has 0 aliphatic rings. The van der Waals surface area contributed by atoms with Crippen molar-refractivity contribution in [1.29, 1.82) is 0 Å². The molecule has 0 radical (unpaired) electrons. The molecule has 1 N–H and O–H groups in total. The molecule has 0 atom stereocenters. The highest BCUT2D eigenvalue weighted by Crippen LogP contribution is 2.26. The summed E-state index contributed by atoms with van der Waals surface area (Å²) in [5.41, 5.74) is 0.472. The number of nitrogens with one attached hydrogen (secondary N) is 1. The van der Waals surface area contributed by atoms with Crippen LogP contribution >= 0.6 is 0 Å². The highest BCUT2D eigenvalue weighted by atomic mass is 16.6. The second-order valence-corrected chi connectivity index (χ2v) is 4.61. The van der Waals surface area contributed by atoms with Gasteiger partial charge in [0.15, 0.2) is 0 Å². The molecule has 7 heteroatoms. The van der Waals surface area contributed by atoms with Crippen LogP contribution in [-0.4, -0.2) is 35.7 Å². The number of hydrogen-bond donors (Lipinski definition) is 1. The van der Waals surface area contributed by atoms with Crippen LogP contribution in [0.2, 0.25) is 0 Å². The average molecular weight is 291 g/mol. The Bertz CT molecular complexity index is 651. The molecule has 1 aromatic carbocycles. The Hall–Kier alpha value is -2.41. The van der Waals surface area contributed by atoms with Crippen LogP contribution in [0.15, 0.2) is 30.5 Å². The Morgan fingerprint density at radius 2 is 2.24 bits per heavy atom. The number of fused-ring (bicyclic) bond motifs is 1. The number of ether oxygens (including phenoxy) is 1. The third kappa shape index (κ3) is 3.57. The van der Waals surface area contributed by atoms with Gasteiger partial charge in [0.2, 0.25) is 5.91 Å². The molecule has 0 spiro atoms. The van der Waals surface area contributed by atoms with E-state index in [0.717, 1.165) is 11.8 Å². The third-order valence-corrected chi connectivity index (χ3v) is 3.13. The van der Waals surface area contributed by atoms with Gasteiger partial charge in [-0.3, -0.25) is 14.9 Å². The van der Waals surface area contributed by atoms with Crippen LogP contribution in [0.4, 0.5) is 5.69 Å². The SMILES string of the molecule is COCCCNC(=O)Cn1ccc2cccc([N+](=O)[O-])c21. The van der Waals surface area contributed by atoms with E-state index in [1.807, 2.05) is 0 Å². The van der Waals surface area contributed by atoms with Crippen molar-refractivity contribution >= 4 is 22.5 Å². The molecule has 0 fully saturated rings. The molecule has 0 saturated carbocycles. The largest absolute Gasteiger partial charge is 0.385 e. The second-order valence-electron chi connectivity index (χ2n) is 4.61. The molecule has 0 unspecified atom stereocenters. The maximum atomic E-state index is 11.9. The summed E-state index contributed by atoms with van der Waals surface area (Å²) >= 11 is 0. The second kappa shape index (κ2) is 6.85. The van der Waals surface area contributed by atoms with E-state index in [1.54, 1.807) is 36.1 Å². The zero-order valence-electron chi connectivity index (χ0n) is 11.7. The topological polar surface area (TPSA) is 86.4 Å². The summed E-state index contributed by atoms with van der Waals surface area (Å²) < 4.78 is 6.49. The van der Waals surface area contributed by atoms with E-state index < -0.39 is 4.92 Å². The van der Waals surface area contributed by atoms with Crippen LogP contribution in [0, 0.1) is 10.1 Å². The molecule has 0 saturated heterocycles. The number of carbonyl (C=O) groups is 1. The van der Waals surface area contributed by atoms with Crippen molar-refractivity contribution in [1.82, 2.24) is 9.88 Å². The Balaban J connectivity index is 2.12. The minimum atomic E-state index is -0.435. The number of rotatable bonds is 7. The lowest BCUT2D eigenvalue weighted by Crippen LogP contribution is -2.28. The van der Waals surface area contributed by atoms with E-state index in [2.05, 4.69) is 5.32 Å². The lowest BCUT2D eigenvalue weighted by Gasteiger charge is -2.07. The van der Waals surface area contributed by atoms with Crippen molar-refractivity contribution in [3.63, 3.8) is 0 Å². The molecule has 1 aromatic heterocycles. The first kappa shape index (κ1) is 15.0. The van der Waals surface area contributed by atoms with Crippen molar-refractivity contribution in [2.45, 2.75) is 13.0 Å². The van der Waals surface area contributed by atoms with Crippen LogP contribution in [0.1, 0.15) is 6.42 Å². The number of para-hydroxylation sites is 1.